The van der Waals surface area contributed by atoms with Crippen LogP contribution in [0.2, 0.25) is 0 Å². The van der Waals surface area contributed by atoms with E-state index in [1.54, 1.807) is 18.2 Å². The van der Waals surface area contributed by atoms with Crippen molar-refractivity contribution in [3.63, 3.8) is 0 Å². The molecule has 0 saturated heterocycles. The molecule has 1 aliphatic rings. The van der Waals surface area contributed by atoms with Gasteiger partial charge in [0.2, 0.25) is 0 Å². The molecule has 190 valence electrons. The smallest absolute Gasteiger partial charge is 0.337 e. The van der Waals surface area contributed by atoms with Crippen LogP contribution in [0.15, 0.2) is 59.7 Å². The van der Waals surface area contributed by atoms with E-state index in [9.17, 15) is 14.4 Å². The summed E-state index contributed by atoms with van der Waals surface area (Å²) in [5, 5.41) is 4.83. The molecule has 0 radical (unpaired) electrons. The molecule has 38 heavy (non-hydrogen) atoms. The normalized spacial score (nSPS) is 12.5. The first-order valence-electron chi connectivity index (χ1n) is 11.5. The molecule has 3 aromatic heterocycles. The van der Waals surface area contributed by atoms with Crippen LogP contribution in [0.5, 0.6) is 11.5 Å². The van der Waals surface area contributed by atoms with Gasteiger partial charge in [-0.05, 0) is 42.5 Å². The van der Waals surface area contributed by atoms with Gasteiger partial charge < -0.3 is 18.9 Å². The predicted molar refractivity (Wildman–Crippen MR) is 133 cm³/mol. The van der Waals surface area contributed by atoms with Crippen molar-refractivity contribution in [3.8, 4) is 28.6 Å². The largest absolute Gasteiger partial charge is 0.486 e. The van der Waals surface area contributed by atoms with Gasteiger partial charge in [0, 0.05) is 18.0 Å². The summed E-state index contributed by atoms with van der Waals surface area (Å²) in [6.07, 6.45) is 2.93. The van der Waals surface area contributed by atoms with E-state index in [1.165, 1.54) is 53.9 Å². The van der Waals surface area contributed by atoms with Crippen molar-refractivity contribution in [1.82, 2.24) is 24.1 Å². The average molecular weight is 513 g/mol. The van der Waals surface area contributed by atoms with Crippen LogP contribution in [0.3, 0.4) is 0 Å². The molecule has 6 rings (SSSR count). The maximum Gasteiger partial charge on any atom is 0.337 e. The fourth-order valence-electron chi connectivity index (χ4n) is 4.25. The van der Waals surface area contributed by atoms with Gasteiger partial charge in [-0.3, -0.25) is 9.36 Å². The monoisotopic (exact) mass is 513 g/mol. The fraction of sp³-hybridized carbons (Fsp3) is 0.154. The van der Waals surface area contributed by atoms with Crippen LogP contribution in [0.25, 0.3) is 33.8 Å². The molecule has 0 atom stereocenters. The Morgan fingerprint density at radius 2 is 1.63 bits per heavy atom. The Kier molecular flexibility index (Phi) is 5.48. The fourth-order valence-corrected chi connectivity index (χ4v) is 4.25. The standard InChI is InChI=1S/C26H19N5O7/c1-35-24(33)15-9-16(25(34)36-2)11-17(10-15)30-6-5-19-18(23(30)32)13-27-26-28-22(29-31(19)26)14-3-4-20-21(12-14)38-8-7-37-20/h3-6,9-13H,7-8H2,1-2H3. The molecule has 1 aliphatic heterocycles. The number of nitrogens with zero attached hydrogens (tertiary/aromatic N) is 5. The Balaban J connectivity index is 1.47. The zero-order chi connectivity index (χ0) is 26.4. The van der Waals surface area contributed by atoms with Crippen LogP contribution in [0.4, 0.5) is 0 Å². The van der Waals surface area contributed by atoms with Crippen LogP contribution >= 0.6 is 0 Å². The number of esters is 2. The highest BCUT2D eigenvalue weighted by Crippen LogP contribution is 2.33. The van der Waals surface area contributed by atoms with Gasteiger partial charge in [0.05, 0.1) is 41.9 Å². The average Bonchev–Trinajstić information content (AvgIpc) is 3.41. The quantitative estimate of drug-likeness (QED) is 0.330. The number of methoxy groups -OCH3 is 2. The third-order valence-electron chi connectivity index (χ3n) is 6.07. The topological polar surface area (TPSA) is 136 Å². The molecule has 5 aromatic rings. The van der Waals surface area contributed by atoms with E-state index in [1.807, 2.05) is 6.07 Å². The molecule has 0 saturated carbocycles. The number of benzene rings is 2. The van der Waals surface area contributed by atoms with E-state index in [0.717, 1.165) is 0 Å². The van der Waals surface area contributed by atoms with Gasteiger partial charge in [-0.1, -0.05) is 0 Å². The molecule has 0 N–H and O–H groups in total. The van der Waals surface area contributed by atoms with Gasteiger partial charge in [-0.2, -0.15) is 9.50 Å². The number of hydrogen-bond donors (Lipinski definition) is 0. The molecule has 12 heteroatoms. The molecule has 12 nitrogen and oxygen atoms in total. The SMILES string of the molecule is COC(=O)c1cc(C(=O)OC)cc(-n2ccc3c(cnc4nc(-c5ccc6c(c5)OCCO6)nn43)c2=O)c1. The van der Waals surface area contributed by atoms with Gasteiger partial charge in [0.1, 0.15) is 13.2 Å². The molecule has 0 amide bonds. The second-order valence-electron chi connectivity index (χ2n) is 8.31. The van der Waals surface area contributed by atoms with Crippen molar-refractivity contribution >= 4 is 28.6 Å². The van der Waals surface area contributed by atoms with E-state index in [-0.39, 0.29) is 22.2 Å². The summed E-state index contributed by atoms with van der Waals surface area (Å²) in [6.45, 7) is 0.945. The number of hydrogen-bond acceptors (Lipinski definition) is 10. The number of fused-ring (bicyclic) bond motifs is 4. The minimum Gasteiger partial charge on any atom is -0.486 e. The molecule has 0 bridgehead atoms. The number of ether oxygens (including phenoxy) is 4. The summed E-state index contributed by atoms with van der Waals surface area (Å²) in [5.41, 5.74) is 1.20. The van der Waals surface area contributed by atoms with E-state index < -0.39 is 17.5 Å². The first-order valence-corrected chi connectivity index (χ1v) is 11.5. The summed E-state index contributed by atoms with van der Waals surface area (Å²) < 4.78 is 23.6. The summed E-state index contributed by atoms with van der Waals surface area (Å²) >= 11 is 0. The molecule has 4 heterocycles. The van der Waals surface area contributed by atoms with Crippen molar-refractivity contribution in [2.24, 2.45) is 0 Å². The third kappa shape index (κ3) is 3.79. The second-order valence-corrected chi connectivity index (χ2v) is 8.31. The van der Waals surface area contributed by atoms with Gasteiger partial charge >= 0.3 is 11.9 Å². The number of pyridine rings is 1. The molecule has 0 aliphatic carbocycles. The lowest BCUT2D eigenvalue weighted by atomic mass is 10.1. The molecular formula is C26H19N5O7. The predicted octanol–water partition coefficient (Wildman–Crippen LogP) is 2.44. The Morgan fingerprint density at radius 3 is 2.34 bits per heavy atom. The maximum absolute atomic E-state index is 13.5. The zero-order valence-corrected chi connectivity index (χ0v) is 20.2. The van der Waals surface area contributed by atoms with E-state index in [0.29, 0.717) is 47.4 Å². The minimum absolute atomic E-state index is 0.0892. The van der Waals surface area contributed by atoms with Gasteiger partial charge in [0.15, 0.2) is 17.3 Å². The number of aromatic nitrogens is 5. The van der Waals surface area contributed by atoms with Crippen LogP contribution in [0, 0.1) is 0 Å². The first kappa shape index (κ1) is 23.2. The highest BCUT2D eigenvalue weighted by molar-refractivity contribution is 5.96. The van der Waals surface area contributed by atoms with Crippen LogP contribution in [-0.4, -0.2) is 63.5 Å². The Morgan fingerprint density at radius 1 is 0.921 bits per heavy atom. The van der Waals surface area contributed by atoms with Gasteiger partial charge in [-0.15, -0.1) is 5.10 Å². The molecule has 0 unspecified atom stereocenters. The van der Waals surface area contributed by atoms with E-state index in [2.05, 4.69) is 15.1 Å². The molecule has 0 fully saturated rings. The molecule has 0 spiro atoms. The number of carbonyl (C=O) groups excluding carboxylic acids is 2. The third-order valence-corrected chi connectivity index (χ3v) is 6.07. The van der Waals surface area contributed by atoms with Crippen LogP contribution < -0.4 is 15.0 Å². The van der Waals surface area contributed by atoms with Crippen molar-refractivity contribution in [3.05, 3.63) is 76.3 Å². The first-order chi connectivity index (χ1) is 18.5. The maximum atomic E-state index is 13.5. The lowest BCUT2D eigenvalue weighted by Crippen LogP contribution is -2.20. The van der Waals surface area contributed by atoms with Crippen molar-refractivity contribution in [2.45, 2.75) is 0 Å². The van der Waals surface area contributed by atoms with E-state index >= 15 is 0 Å². The zero-order valence-electron chi connectivity index (χ0n) is 20.2. The highest BCUT2D eigenvalue weighted by Gasteiger charge is 2.19. The lowest BCUT2D eigenvalue weighted by Gasteiger charge is -2.18. The van der Waals surface area contributed by atoms with Crippen LogP contribution in [-0.2, 0) is 9.47 Å². The summed E-state index contributed by atoms with van der Waals surface area (Å²) in [6, 6.07) is 11.3. The van der Waals surface area contributed by atoms with Crippen LogP contribution in [0.1, 0.15) is 20.7 Å². The van der Waals surface area contributed by atoms with Crippen molar-refractivity contribution in [1.29, 1.82) is 0 Å². The Labute approximate surface area is 214 Å². The summed E-state index contributed by atoms with van der Waals surface area (Å²) in [7, 11) is 2.45. The summed E-state index contributed by atoms with van der Waals surface area (Å²) in [4.78, 5) is 46.7. The second kappa shape index (κ2) is 9.00. The van der Waals surface area contributed by atoms with Gasteiger partial charge in [-0.25, -0.2) is 14.6 Å². The highest BCUT2D eigenvalue weighted by atomic mass is 16.6. The van der Waals surface area contributed by atoms with Crippen molar-refractivity contribution in [2.75, 3.05) is 27.4 Å². The molecular weight excluding hydrogens is 494 g/mol. The van der Waals surface area contributed by atoms with Crippen molar-refractivity contribution < 1.29 is 28.5 Å². The lowest BCUT2D eigenvalue weighted by molar-refractivity contribution is 0.0599. The Hall–Kier alpha value is -5.26. The number of rotatable bonds is 4. The molecule has 2 aromatic carbocycles. The number of carbonyl (C=O) groups is 2. The minimum atomic E-state index is -0.663. The van der Waals surface area contributed by atoms with E-state index in [4.69, 9.17) is 18.9 Å². The summed E-state index contributed by atoms with van der Waals surface area (Å²) in [5.74, 6) is 0.639. The Bertz CT molecular complexity index is 1790. The van der Waals surface area contributed by atoms with Gasteiger partial charge in [0.25, 0.3) is 11.3 Å².